The van der Waals surface area contributed by atoms with Crippen LogP contribution < -0.4 is 4.74 Å². The highest BCUT2D eigenvalue weighted by Gasteiger charge is 2.08. The third-order valence-electron chi connectivity index (χ3n) is 4.18. The van der Waals surface area contributed by atoms with Crippen molar-refractivity contribution in [3.05, 3.63) is 88.7 Å². The largest absolute Gasteiger partial charge is 0.491 e. The van der Waals surface area contributed by atoms with Crippen LogP contribution >= 0.6 is 0 Å². The smallest absolute Gasteiger partial charge is 0.270 e. The van der Waals surface area contributed by atoms with Crippen LogP contribution in [0.15, 0.2) is 73.1 Å². The minimum Gasteiger partial charge on any atom is -0.491 e. The lowest BCUT2D eigenvalue weighted by atomic mass is 10.1. The van der Waals surface area contributed by atoms with Crippen LogP contribution in [0.25, 0.3) is 11.1 Å². The summed E-state index contributed by atoms with van der Waals surface area (Å²) >= 11 is 0. The first kappa shape index (κ1) is 18.5. The van der Waals surface area contributed by atoms with Crippen LogP contribution in [0, 0.1) is 10.1 Å². The highest BCUT2D eigenvalue weighted by Crippen LogP contribution is 2.25. The van der Waals surface area contributed by atoms with E-state index >= 15 is 0 Å². The van der Waals surface area contributed by atoms with Crippen molar-refractivity contribution in [1.29, 1.82) is 0 Å². The van der Waals surface area contributed by atoms with Crippen LogP contribution in [-0.2, 0) is 6.42 Å². The average Bonchev–Trinajstić information content (AvgIpc) is 2.72. The number of nitro benzene ring substituents is 1. The number of benzene rings is 2. The zero-order valence-electron chi connectivity index (χ0n) is 14.7. The van der Waals surface area contributed by atoms with Crippen LogP contribution in [0.3, 0.4) is 0 Å². The normalized spacial score (nSPS) is 11.7. The molecule has 1 aromatic heterocycles. The van der Waals surface area contributed by atoms with E-state index in [2.05, 4.69) is 4.98 Å². The van der Waals surface area contributed by atoms with Gasteiger partial charge in [-0.05, 0) is 47.7 Å². The van der Waals surface area contributed by atoms with Gasteiger partial charge in [-0.2, -0.15) is 0 Å². The molecule has 0 fully saturated rings. The molecule has 0 saturated carbocycles. The van der Waals surface area contributed by atoms with Crippen molar-refractivity contribution in [1.82, 2.24) is 4.98 Å². The van der Waals surface area contributed by atoms with Gasteiger partial charge in [-0.3, -0.25) is 15.1 Å². The minimum atomic E-state index is -0.568. The number of hydrogen-bond acceptors (Lipinski definition) is 5. The number of pyridine rings is 1. The number of rotatable bonds is 8. The van der Waals surface area contributed by atoms with Gasteiger partial charge < -0.3 is 9.84 Å². The summed E-state index contributed by atoms with van der Waals surface area (Å²) < 4.78 is 5.64. The van der Waals surface area contributed by atoms with Crippen LogP contribution in [0.2, 0.25) is 0 Å². The number of non-ortho nitro benzene ring substituents is 1. The molecule has 1 N–H and O–H groups in total. The Morgan fingerprint density at radius 2 is 1.89 bits per heavy atom. The molecule has 0 aliphatic heterocycles. The fraction of sp³-hybridized carbons (Fsp3) is 0.190. The summed E-state index contributed by atoms with van der Waals surface area (Å²) in [7, 11) is 0. The number of aryl methyl sites for hydroxylation is 1. The summed E-state index contributed by atoms with van der Waals surface area (Å²) in [6.07, 6.45) is 4.28. The minimum absolute atomic E-state index is 0.0598. The van der Waals surface area contributed by atoms with Gasteiger partial charge in [0.2, 0.25) is 0 Å². The van der Waals surface area contributed by atoms with Gasteiger partial charge in [0, 0.05) is 24.5 Å². The summed E-state index contributed by atoms with van der Waals surface area (Å²) in [6.45, 7) is 0.205. The number of hydrogen-bond donors (Lipinski definition) is 1. The van der Waals surface area contributed by atoms with Crippen molar-refractivity contribution >= 4 is 5.69 Å². The summed E-state index contributed by atoms with van der Waals surface area (Å²) in [5.41, 5.74) is 2.78. The Labute approximate surface area is 157 Å². The molecule has 1 atom stereocenters. The Bertz CT molecular complexity index is 882. The van der Waals surface area contributed by atoms with E-state index in [1.807, 2.05) is 30.3 Å². The van der Waals surface area contributed by atoms with Gasteiger partial charge in [0.05, 0.1) is 11.0 Å². The fourth-order valence-electron chi connectivity index (χ4n) is 2.70. The van der Waals surface area contributed by atoms with Crippen LogP contribution in [-0.4, -0.2) is 27.7 Å². The van der Waals surface area contributed by atoms with Gasteiger partial charge >= 0.3 is 0 Å². The maximum absolute atomic E-state index is 10.9. The van der Waals surface area contributed by atoms with Gasteiger partial charge in [0.15, 0.2) is 0 Å². The Morgan fingerprint density at radius 3 is 2.59 bits per heavy atom. The number of aliphatic hydroxyl groups is 1. The number of nitrogens with zero attached hydrogens (tertiary/aromatic N) is 2. The summed E-state index contributed by atoms with van der Waals surface area (Å²) in [5, 5.41) is 21.0. The molecule has 1 heterocycles. The molecule has 0 spiro atoms. The summed E-state index contributed by atoms with van der Waals surface area (Å²) in [5.74, 6) is 0.643. The molecule has 1 unspecified atom stereocenters. The third kappa shape index (κ3) is 5.36. The molecule has 27 heavy (non-hydrogen) atoms. The summed E-state index contributed by atoms with van der Waals surface area (Å²) in [4.78, 5) is 14.5. The second-order valence-electron chi connectivity index (χ2n) is 6.20. The van der Waals surface area contributed by atoms with Crippen LogP contribution in [0.4, 0.5) is 5.69 Å². The molecule has 138 valence electrons. The van der Waals surface area contributed by atoms with E-state index in [0.29, 0.717) is 12.2 Å². The number of aromatic nitrogens is 1. The van der Waals surface area contributed by atoms with E-state index in [1.54, 1.807) is 30.6 Å². The van der Waals surface area contributed by atoms with Gasteiger partial charge in [-0.25, -0.2) is 0 Å². The lowest BCUT2D eigenvalue weighted by Gasteiger charge is -2.12. The molecule has 6 nitrogen and oxygen atoms in total. The average molecular weight is 364 g/mol. The Morgan fingerprint density at radius 1 is 1.07 bits per heavy atom. The van der Waals surface area contributed by atoms with Crippen LogP contribution in [0.5, 0.6) is 5.75 Å². The van der Waals surface area contributed by atoms with Crippen molar-refractivity contribution in [2.24, 2.45) is 0 Å². The molecule has 0 bridgehead atoms. The Kier molecular flexibility index (Phi) is 6.12. The maximum atomic E-state index is 10.9. The second kappa shape index (κ2) is 8.91. The Balaban J connectivity index is 1.53. The predicted octanol–water partition coefficient (Wildman–Crippen LogP) is 4.03. The topological polar surface area (TPSA) is 85.5 Å². The Hall–Kier alpha value is -3.25. The standard InChI is InChI=1S/C21H20N2O4/c24-20(9-6-16-3-2-12-22-14-16)15-27-21-10-7-17(8-11-21)18-4-1-5-19(13-18)23(25)26/h1-5,7-8,10-14,20,24H,6,9,15H2. The summed E-state index contributed by atoms with van der Waals surface area (Å²) in [6, 6.07) is 17.6. The third-order valence-corrected chi connectivity index (χ3v) is 4.18. The van der Waals surface area contributed by atoms with Crippen molar-refractivity contribution in [2.75, 3.05) is 6.61 Å². The maximum Gasteiger partial charge on any atom is 0.270 e. The zero-order chi connectivity index (χ0) is 19.1. The van der Waals surface area contributed by atoms with Gasteiger partial charge in [0.1, 0.15) is 12.4 Å². The van der Waals surface area contributed by atoms with E-state index in [-0.39, 0.29) is 12.3 Å². The zero-order valence-corrected chi connectivity index (χ0v) is 14.7. The van der Waals surface area contributed by atoms with Crippen LogP contribution in [0.1, 0.15) is 12.0 Å². The van der Waals surface area contributed by atoms with Crippen molar-refractivity contribution in [3.8, 4) is 16.9 Å². The van der Waals surface area contributed by atoms with Gasteiger partial charge in [0.25, 0.3) is 5.69 Å². The van der Waals surface area contributed by atoms with E-state index in [0.717, 1.165) is 23.1 Å². The SMILES string of the molecule is O=[N+]([O-])c1cccc(-c2ccc(OCC(O)CCc3cccnc3)cc2)c1. The lowest BCUT2D eigenvalue weighted by molar-refractivity contribution is -0.384. The first-order valence-corrected chi connectivity index (χ1v) is 8.66. The first-order valence-electron chi connectivity index (χ1n) is 8.66. The van der Waals surface area contributed by atoms with Gasteiger partial charge in [-0.1, -0.05) is 30.3 Å². The fourth-order valence-corrected chi connectivity index (χ4v) is 2.70. The molecule has 0 radical (unpaired) electrons. The molecule has 0 aliphatic rings. The number of nitro groups is 1. The predicted molar refractivity (Wildman–Crippen MR) is 103 cm³/mol. The first-order chi connectivity index (χ1) is 13.1. The number of ether oxygens (including phenoxy) is 1. The molecule has 0 aliphatic carbocycles. The quantitative estimate of drug-likeness (QED) is 0.482. The molecule has 6 heteroatoms. The highest BCUT2D eigenvalue weighted by molar-refractivity contribution is 5.66. The lowest BCUT2D eigenvalue weighted by Crippen LogP contribution is -2.18. The van der Waals surface area contributed by atoms with E-state index in [9.17, 15) is 15.2 Å². The van der Waals surface area contributed by atoms with E-state index in [4.69, 9.17) is 4.74 Å². The molecular formula is C21H20N2O4. The second-order valence-corrected chi connectivity index (χ2v) is 6.20. The van der Waals surface area contributed by atoms with E-state index < -0.39 is 11.0 Å². The van der Waals surface area contributed by atoms with Crippen molar-refractivity contribution in [3.63, 3.8) is 0 Å². The van der Waals surface area contributed by atoms with Crippen molar-refractivity contribution < 1.29 is 14.8 Å². The monoisotopic (exact) mass is 364 g/mol. The molecular weight excluding hydrogens is 344 g/mol. The molecule has 2 aromatic carbocycles. The van der Waals surface area contributed by atoms with Crippen molar-refractivity contribution in [2.45, 2.75) is 18.9 Å². The van der Waals surface area contributed by atoms with Gasteiger partial charge in [-0.15, -0.1) is 0 Å². The molecule has 3 aromatic rings. The molecule has 0 amide bonds. The number of aliphatic hydroxyl groups excluding tert-OH is 1. The molecule has 0 saturated heterocycles. The highest BCUT2D eigenvalue weighted by atomic mass is 16.6. The molecule has 3 rings (SSSR count). The van der Waals surface area contributed by atoms with E-state index in [1.165, 1.54) is 12.1 Å².